The minimum Gasteiger partial charge on any atom is -0.333 e. The standard InChI is InChI=1S/C16H17FN2O3S/c1-2-19(23(21,22)15-6-4-3-5-7-15)16(20)18-12-13-8-10-14(17)11-9-13/h3-11H,2,12H2,1H3,(H,18,20). The Morgan fingerprint density at radius 3 is 2.26 bits per heavy atom. The molecule has 0 fully saturated rings. The molecule has 2 rings (SSSR count). The quantitative estimate of drug-likeness (QED) is 0.913. The summed E-state index contributed by atoms with van der Waals surface area (Å²) in [4.78, 5) is 12.3. The van der Waals surface area contributed by atoms with Gasteiger partial charge in [-0.1, -0.05) is 30.3 Å². The van der Waals surface area contributed by atoms with Gasteiger partial charge in [-0.25, -0.2) is 21.9 Å². The van der Waals surface area contributed by atoms with Crippen LogP contribution in [0.1, 0.15) is 12.5 Å². The molecule has 122 valence electrons. The van der Waals surface area contributed by atoms with E-state index in [1.54, 1.807) is 25.1 Å². The zero-order chi connectivity index (χ0) is 16.9. The zero-order valence-corrected chi connectivity index (χ0v) is 13.4. The Labute approximate surface area is 134 Å². The fourth-order valence-corrected chi connectivity index (χ4v) is 3.39. The van der Waals surface area contributed by atoms with Crippen molar-refractivity contribution in [3.8, 4) is 0 Å². The minimum atomic E-state index is -3.90. The molecule has 0 atom stereocenters. The van der Waals surface area contributed by atoms with Gasteiger partial charge in [-0.05, 0) is 36.8 Å². The van der Waals surface area contributed by atoms with E-state index in [1.807, 2.05) is 0 Å². The van der Waals surface area contributed by atoms with Crippen molar-refractivity contribution in [2.45, 2.75) is 18.4 Å². The summed E-state index contributed by atoms with van der Waals surface area (Å²) < 4.78 is 38.6. The van der Waals surface area contributed by atoms with E-state index in [0.717, 1.165) is 4.31 Å². The molecule has 1 N–H and O–H groups in total. The van der Waals surface area contributed by atoms with E-state index in [2.05, 4.69) is 5.32 Å². The van der Waals surface area contributed by atoms with Crippen molar-refractivity contribution < 1.29 is 17.6 Å². The molecule has 2 aromatic carbocycles. The van der Waals surface area contributed by atoms with Crippen LogP contribution < -0.4 is 5.32 Å². The molecule has 2 aromatic rings. The maximum Gasteiger partial charge on any atom is 0.331 e. The second kappa shape index (κ2) is 7.23. The van der Waals surface area contributed by atoms with Crippen LogP contribution in [0, 0.1) is 5.82 Å². The smallest absolute Gasteiger partial charge is 0.331 e. The number of urea groups is 1. The lowest BCUT2D eigenvalue weighted by Crippen LogP contribution is -2.43. The lowest BCUT2D eigenvalue weighted by Gasteiger charge is -2.21. The number of nitrogens with one attached hydrogen (secondary N) is 1. The van der Waals surface area contributed by atoms with Crippen LogP contribution in [0.3, 0.4) is 0 Å². The van der Waals surface area contributed by atoms with Crippen molar-refractivity contribution in [3.63, 3.8) is 0 Å². The van der Waals surface area contributed by atoms with Crippen molar-refractivity contribution in [2.24, 2.45) is 0 Å². The van der Waals surface area contributed by atoms with Crippen LogP contribution in [0.5, 0.6) is 0 Å². The molecule has 0 bridgehead atoms. The van der Waals surface area contributed by atoms with Gasteiger partial charge in [0.15, 0.2) is 0 Å². The van der Waals surface area contributed by atoms with Gasteiger partial charge in [0.2, 0.25) is 0 Å². The Morgan fingerprint density at radius 1 is 1.09 bits per heavy atom. The van der Waals surface area contributed by atoms with Crippen molar-refractivity contribution in [2.75, 3.05) is 6.54 Å². The topological polar surface area (TPSA) is 66.5 Å². The lowest BCUT2D eigenvalue weighted by molar-refractivity contribution is 0.224. The minimum absolute atomic E-state index is 0.00643. The summed E-state index contributed by atoms with van der Waals surface area (Å²) >= 11 is 0. The Balaban J connectivity index is 2.11. The van der Waals surface area contributed by atoms with Crippen LogP contribution in [-0.4, -0.2) is 25.3 Å². The van der Waals surface area contributed by atoms with Crippen LogP contribution >= 0.6 is 0 Å². The fraction of sp³-hybridized carbons (Fsp3) is 0.188. The van der Waals surface area contributed by atoms with E-state index in [9.17, 15) is 17.6 Å². The Kier molecular flexibility index (Phi) is 5.33. The van der Waals surface area contributed by atoms with Gasteiger partial charge in [0.1, 0.15) is 5.82 Å². The van der Waals surface area contributed by atoms with E-state index >= 15 is 0 Å². The SMILES string of the molecule is CCN(C(=O)NCc1ccc(F)cc1)S(=O)(=O)c1ccccc1. The first-order valence-electron chi connectivity index (χ1n) is 7.05. The van der Waals surface area contributed by atoms with Gasteiger partial charge < -0.3 is 5.32 Å². The highest BCUT2D eigenvalue weighted by Gasteiger charge is 2.27. The third-order valence-electron chi connectivity index (χ3n) is 3.20. The second-order valence-corrected chi connectivity index (χ2v) is 6.63. The Morgan fingerprint density at radius 2 is 1.70 bits per heavy atom. The van der Waals surface area contributed by atoms with Gasteiger partial charge in [-0.3, -0.25) is 0 Å². The molecule has 0 aliphatic carbocycles. The maximum atomic E-state index is 12.8. The molecule has 23 heavy (non-hydrogen) atoms. The van der Waals surface area contributed by atoms with Gasteiger partial charge in [-0.15, -0.1) is 0 Å². The average Bonchev–Trinajstić information content (AvgIpc) is 2.55. The number of amides is 2. The van der Waals surface area contributed by atoms with Crippen molar-refractivity contribution in [1.29, 1.82) is 0 Å². The van der Waals surface area contributed by atoms with Gasteiger partial charge in [-0.2, -0.15) is 0 Å². The number of sulfonamides is 1. The fourth-order valence-electron chi connectivity index (χ4n) is 2.01. The van der Waals surface area contributed by atoms with Crippen LogP contribution in [0.2, 0.25) is 0 Å². The monoisotopic (exact) mass is 336 g/mol. The first-order valence-corrected chi connectivity index (χ1v) is 8.49. The molecule has 0 saturated carbocycles. The number of hydrogen-bond acceptors (Lipinski definition) is 3. The van der Waals surface area contributed by atoms with E-state index in [4.69, 9.17) is 0 Å². The van der Waals surface area contributed by atoms with Crippen LogP contribution in [-0.2, 0) is 16.6 Å². The highest BCUT2D eigenvalue weighted by atomic mass is 32.2. The summed E-state index contributed by atoms with van der Waals surface area (Å²) in [5.41, 5.74) is 0.674. The zero-order valence-electron chi connectivity index (χ0n) is 12.6. The second-order valence-electron chi connectivity index (χ2n) is 4.77. The van der Waals surface area contributed by atoms with Gasteiger partial charge in [0, 0.05) is 13.1 Å². The molecule has 0 radical (unpaired) electrons. The van der Waals surface area contributed by atoms with E-state index in [1.165, 1.54) is 36.4 Å². The van der Waals surface area contributed by atoms with E-state index in [0.29, 0.717) is 5.56 Å². The summed E-state index contributed by atoms with van der Waals surface area (Å²) in [6.07, 6.45) is 0. The first-order chi connectivity index (χ1) is 10.9. The largest absolute Gasteiger partial charge is 0.333 e. The van der Waals surface area contributed by atoms with Crippen molar-refractivity contribution in [1.82, 2.24) is 9.62 Å². The highest BCUT2D eigenvalue weighted by molar-refractivity contribution is 7.89. The number of halogens is 1. The third-order valence-corrected chi connectivity index (χ3v) is 5.07. The number of rotatable bonds is 5. The molecule has 5 nitrogen and oxygen atoms in total. The molecule has 0 aromatic heterocycles. The number of carbonyl (C=O) groups is 1. The van der Waals surface area contributed by atoms with Crippen molar-refractivity contribution in [3.05, 3.63) is 66.0 Å². The molecule has 7 heteroatoms. The summed E-state index contributed by atoms with van der Waals surface area (Å²) in [5, 5.41) is 2.53. The molecule has 2 amide bonds. The van der Waals surface area contributed by atoms with Gasteiger partial charge >= 0.3 is 6.03 Å². The maximum absolute atomic E-state index is 12.8. The van der Waals surface area contributed by atoms with Crippen molar-refractivity contribution >= 4 is 16.1 Å². The predicted octanol–water partition coefficient (Wildman–Crippen LogP) is 2.75. The first kappa shape index (κ1) is 17.0. The predicted molar refractivity (Wildman–Crippen MR) is 84.6 cm³/mol. The van der Waals surface area contributed by atoms with E-state index in [-0.39, 0.29) is 23.8 Å². The summed E-state index contributed by atoms with van der Waals surface area (Å²) in [7, 11) is -3.90. The lowest BCUT2D eigenvalue weighted by atomic mass is 10.2. The third kappa shape index (κ3) is 4.07. The highest BCUT2D eigenvalue weighted by Crippen LogP contribution is 2.15. The number of hydrogen-bond donors (Lipinski definition) is 1. The van der Waals surface area contributed by atoms with Crippen LogP contribution in [0.25, 0.3) is 0 Å². The van der Waals surface area contributed by atoms with E-state index < -0.39 is 16.1 Å². The van der Waals surface area contributed by atoms with Crippen LogP contribution in [0.15, 0.2) is 59.5 Å². The number of nitrogens with zero attached hydrogens (tertiary/aromatic N) is 1. The Bertz CT molecular complexity index is 762. The molecule has 0 aliphatic heterocycles. The molecule has 0 saturated heterocycles. The molecule has 0 unspecified atom stereocenters. The average molecular weight is 336 g/mol. The summed E-state index contributed by atoms with van der Waals surface area (Å²) in [6, 6.07) is 12.6. The Hall–Kier alpha value is -2.41. The molecule has 0 aliphatic rings. The normalized spacial score (nSPS) is 11.0. The van der Waals surface area contributed by atoms with Gasteiger partial charge in [0.05, 0.1) is 4.90 Å². The summed E-state index contributed by atoms with van der Waals surface area (Å²) in [6.45, 7) is 1.70. The summed E-state index contributed by atoms with van der Waals surface area (Å²) in [5.74, 6) is -0.373. The molecule has 0 spiro atoms. The number of carbonyl (C=O) groups excluding carboxylic acids is 1. The van der Waals surface area contributed by atoms with Gasteiger partial charge in [0.25, 0.3) is 10.0 Å². The molecular weight excluding hydrogens is 319 g/mol. The molecule has 0 heterocycles. The number of benzene rings is 2. The molecular formula is C16H17FN2O3S. The van der Waals surface area contributed by atoms with Crippen LogP contribution in [0.4, 0.5) is 9.18 Å².